The lowest BCUT2D eigenvalue weighted by molar-refractivity contribution is 0.559. The number of thiazole rings is 1. The molecule has 0 spiro atoms. The van der Waals surface area contributed by atoms with Crippen LogP contribution in [0.15, 0.2) is 41.0 Å². The molecule has 1 saturated carbocycles. The van der Waals surface area contributed by atoms with Crippen molar-refractivity contribution in [3.63, 3.8) is 0 Å². The molecule has 0 aliphatic heterocycles. The lowest BCUT2D eigenvalue weighted by atomic mass is 9.87. The van der Waals surface area contributed by atoms with Gasteiger partial charge in [-0.05, 0) is 36.1 Å². The second-order valence-electron chi connectivity index (χ2n) is 4.90. The summed E-state index contributed by atoms with van der Waals surface area (Å²) in [4.78, 5) is 7.36. The number of nitrogens with zero attached hydrogens (tertiary/aromatic N) is 4. The Morgan fingerprint density at radius 2 is 2.10 bits per heavy atom. The first-order valence-corrected chi connectivity index (χ1v) is 7.36. The summed E-state index contributed by atoms with van der Waals surface area (Å²) >= 11 is 1.62. The molecule has 0 radical (unpaired) electrons. The highest BCUT2D eigenvalue weighted by molar-refractivity contribution is 7.09. The summed E-state index contributed by atoms with van der Waals surface area (Å²) in [6, 6.07) is 6.40. The minimum absolute atomic E-state index is 0.0812. The fraction of sp³-hybridized carbons (Fsp3) is 0.357. The van der Waals surface area contributed by atoms with E-state index < -0.39 is 0 Å². The van der Waals surface area contributed by atoms with Gasteiger partial charge >= 0.3 is 0 Å². The number of rotatable bonds is 3. The Morgan fingerprint density at radius 3 is 2.75 bits per heavy atom. The van der Waals surface area contributed by atoms with Gasteiger partial charge in [0, 0.05) is 34.4 Å². The molecule has 0 amide bonds. The fourth-order valence-electron chi connectivity index (χ4n) is 3.01. The minimum Gasteiger partial charge on any atom is -0.249 e. The molecule has 1 aliphatic carbocycles. The predicted molar refractivity (Wildman–Crippen MR) is 76.2 cm³/mol. The molecule has 0 saturated heterocycles. The smallest absolute Gasteiger partial charge is 0.123 e. The van der Waals surface area contributed by atoms with Gasteiger partial charge in [-0.3, -0.25) is 0 Å². The number of hydrogen-bond donors (Lipinski definition) is 0. The van der Waals surface area contributed by atoms with Crippen LogP contribution in [-0.2, 0) is 0 Å². The lowest BCUT2D eigenvalue weighted by Crippen LogP contribution is -2.14. The predicted octanol–water partition coefficient (Wildman–Crippen LogP) is 4.62. The van der Waals surface area contributed by atoms with E-state index in [0.29, 0.717) is 0 Å². The molecular formula is C14H13FN4S. The zero-order chi connectivity index (χ0) is 13.9. The molecule has 3 atom stereocenters. The number of benzene rings is 1. The van der Waals surface area contributed by atoms with Crippen molar-refractivity contribution in [2.45, 2.75) is 30.7 Å². The van der Waals surface area contributed by atoms with Crippen molar-refractivity contribution in [2.24, 2.45) is 5.11 Å². The van der Waals surface area contributed by atoms with Gasteiger partial charge in [0.05, 0.1) is 5.01 Å². The van der Waals surface area contributed by atoms with E-state index in [1.807, 2.05) is 5.38 Å². The molecule has 1 aromatic heterocycles. The van der Waals surface area contributed by atoms with Crippen molar-refractivity contribution in [1.82, 2.24) is 4.98 Å². The molecule has 0 N–H and O–H groups in total. The third-order valence-electron chi connectivity index (χ3n) is 3.84. The summed E-state index contributed by atoms with van der Waals surface area (Å²) in [5.74, 6) is 0.0755. The average molecular weight is 288 g/mol. The molecule has 1 aliphatic rings. The van der Waals surface area contributed by atoms with Crippen LogP contribution in [0.4, 0.5) is 4.39 Å². The van der Waals surface area contributed by atoms with Gasteiger partial charge in [0.15, 0.2) is 0 Å². The van der Waals surface area contributed by atoms with E-state index in [9.17, 15) is 4.39 Å². The van der Waals surface area contributed by atoms with E-state index in [0.717, 1.165) is 23.4 Å². The number of aromatic nitrogens is 1. The van der Waals surface area contributed by atoms with Crippen LogP contribution in [0.1, 0.15) is 35.2 Å². The van der Waals surface area contributed by atoms with E-state index >= 15 is 0 Å². The van der Waals surface area contributed by atoms with Crippen molar-refractivity contribution >= 4 is 11.3 Å². The van der Waals surface area contributed by atoms with Crippen molar-refractivity contribution in [2.75, 3.05) is 0 Å². The maximum atomic E-state index is 13.1. The highest BCUT2D eigenvalue weighted by Crippen LogP contribution is 2.48. The van der Waals surface area contributed by atoms with Crippen LogP contribution in [0.5, 0.6) is 0 Å². The van der Waals surface area contributed by atoms with E-state index in [-0.39, 0.29) is 23.7 Å². The summed E-state index contributed by atoms with van der Waals surface area (Å²) in [6.45, 7) is 0. The number of azide groups is 1. The molecular weight excluding hydrogens is 275 g/mol. The average Bonchev–Trinajstić information content (AvgIpc) is 3.09. The van der Waals surface area contributed by atoms with Gasteiger partial charge in [-0.25, -0.2) is 9.37 Å². The molecule has 1 fully saturated rings. The maximum absolute atomic E-state index is 13.1. The quantitative estimate of drug-likeness (QED) is 0.461. The van der Waals surface area contributed by atoms with Crippen molar-refractivity contribution in [3.05, 3.63) is 62.7 Å². The van der Waals surface area contributed by atoms with Crippen LogP contribution in [-0.4, -0.2) is 11.0 Å². The zero-order valence-electron chi connectivity index (χ0n) is 10.7. The molecule has 0 unspecified atom stereocenters. The Bertz CT molecular complexity index is 619. The second-order valence-corrected chi connectivity index (χ2v) is 5.83. The lowest BCUT2D eigenvalue weighted by Gasteiger charge is -2.21. The highest BCUT2D eigenvalue weighted by atomic mass is 32.1. The first-order valence-electron chi connectivity index (χ1n) is 6.48. The third kappa shape index (κ3) is 2.40. The molecule has 6 heteroatoms. The van der Waals surface area contributed by atoms with Gasteiger partial charge in [0.2, 0.25) is 0 Å². The third-order valence-corrected chi connectivity index (χ3v) is 4.75. The topological polar surface area (TPSA) is 61.7 Å². The van der Waals surface area contributed by atoms with Crippen LogP contribution in [0, 0.1) is 5.82 Å². The summed E-state index contributed by atoms with van der Waals surface area (Å²) in [5, 5.41) is 6.95. The summed E-state index contributed by atoms with van der Waals surface area (Å²) in [6.07, 6.45) is 3.58. The van der Waals surface area contributed by atoms with Crippen LogP contribution < -0.4 is 0 Å². The number of halogens is 1. The standard InChI is InChI=1S/C14H13FN4S/c15-10-3-1-9(2-4-10)13-11(14-17-7-8-20-14)5-6-12(13)18-19-16/h1-4,7-8,11-13H,5-6H2/t11-,12-,13+/m0/s1. The fourth-order valence-corrected chi connectivity index (χ4v) is 3.83. The SMILES string of the molecule is [N-]=[N+]=N[C@H]1CC[C@H](c2nccs2)[C@H]1c1ccc(F)cc1. The molecule has 20 heavy (non-hydrogen) atoms. The monoisotopic (exact) mass is 288 g/mol. The molecule has 1 heterocycles. The Labute approximate surface area is 119 Å². The van der Waals surface area contributed by atoms with E-state index in [1.54, 1.807) is 29.7 Å². The van der Waals surface area contributed by atoms with Gasteiger partial charge in [0.25, 0.3) is 0 Å². The number of hydrogen-bond acceptors (Lipinski definition) is 3. The van der Waals surface area contributed by atoms with Gasteiger partial charge in [-0.15, -0.1) is 11.3 Å². The van der Waals surface area contributed by atoms with Crippen molar-refractivity contribution in [3.8, 4) is 0 Å². The molecule has 1 aromatic carbocycles. The largest absolute Gasteiger partial charge is 0.249 e. The van der Waals surface area contributed by atoms with Crippen LogP contribution in [0.25, 0.3) is 10.4 Å². The normalized spacial score (nSPS) is 25.4. The zero-order valence-corrected chi connectivity index (χ0v) is 11.5. The highest BCUT2D eigenvalue weighted by Gasteiger charge is 2.38. The Balaban J connectivity index is 1.99. The molecule has 0 bridgehead atoms. The second kappa shape index (κ2) is 5.61. The minimum atomic E-state index is -0.252. The molecule has 4 nitrogen and oxygen atoms in total. The Morgan fingerprint density at radius 1 is 1.30 bits per heavy atom. The van der Waals surface area contributed by atoms with Crippen molar-refractivity contribution in [1.29, 1.82) is 0 Å². The first-order chi connectivity index (χ1) is 9.79. The van der Waals surface area contributed by atoms with Crippen molar-refractivity contribution < 1.29 is 4.39 Å². The molecule has 2 aromatic rings. The van der Waals surface area contributed by atoms with E-state index in [4.69, 9.17) is 5.53 Å². The van der Waals surface area contributed by atoms with Crippen LogP contribution >= 0.6 is 11.3 Å². The molecule has 3 rings (SSSR count). The molecule has 102 valence electrons. The van der Waals surface area contributed by atoms with Gasteiger partial charge in [-0.2, -0.15) is 0 Å². The maximum Gasteiger partial charge on any atom is 0.123 e. The van der Waals surface area contributed by atoms with Gasteiger partial charge in [0.1, 0.15) is 5.82 Å². The summed E-state index contributed by atoms with van der Waals surface area (Å²) in [5.41, 5.74) is 9.75. The van der Waals surface area contributed by atoms with Crippen LogP contribution in [0.2, 0.25) is 0 Å². The Hall–Kier alpha value is -1.91. The Kier molecular flexibility index (Phi) is 3.67. The van der Waals surface area contributed by atoms with Gasteiger partial charge in [-0.1, -0.05) is 17.2 Å². The first kappa shape index (κ1) is 13.1. The summed E-state index contributed by atoms with van der Waals surface area (Å²) in [7, 11) is 0. The summed E-state index contributed by atoms with van der Waals surface area (Å²) < 4.78 is 13.1. The van der Waals surface area contributed by atoms with Gasteiger partial charge < -0.3 is 0 Å². The van der Waals surface area contributed by atoms with Crippen LogP contribution in [0.3, 0.4) is 0 Å². The van der Waals surface area contributed by atoms with E-state index in [1.165, 1.54) is 12.1 Å². The van der Waals surface area contributed by atoms with E-state index in [2.05, 4.69) is 15.0 Å².